The van der Waals surface area contributed by atoms with Gasteiger partial charge in [-0.05, 0) is 55.8 Å². The molecule has 1 unspecified atom stereocenters. The van der Waals surface area contributed by atoms with Crippen molar-refractivity contribution in [3.05, 3.63) is 53.1 Å². The standard InChI is InChI=1S/C17H18ClNO2S/c1-11-4-9-16(15(18)10-11)19-17(20)12(2)22-14-7-5-13(21-3)6-8-14/h4-10,12H,1-3H3,(H,19,20). The van der Waals surface area contributed by atoms with E-state index in [0.29, 0.717) is 10.7 Å². The Morgan fingerprint density at radius 2 is 1.91 bits per heavy atom. The van der Waals surface area contributed by atoms with Crippen LogP contribution in [0.5, 0.6) is 5.75 Å². The lowest BCUT2D eigenvalue weighted by Crippen LogP contribution is -2.22. The smallest absolute Gasteiger partial charge is 0.237 e. The zero-order valence-corrected chi connectivity index (χ0v) is 14.3. The number of methoxy groups -OCH3 is 1. The van der Waals surface area contributed by atoms with Gasteiger partial charge in [0.15, 0.2) is 0 Å². The highest BCUT2D eigenvalue weighted by atomic mass is 35.5. The number of nitrogens with one attached hydrogen (secondary N) is 1. The highest BCUT2D eigenvalue weighted by molar-refractivity contribution is 8.00. The van der Waals surface area contributed by atoms with Gasteiger partial charge in [-0.1, -0.05) is 17.7 Å². The molecule has 1 atom stereocenters. The number of thioether (sulfide) groups is 1. The molecule has 5 heteroatoms. The molecule has 0 aromatic heterocycles. The maximum Gasteiger partial charge on any atom is 0.237 e. The van der Waals surface area contributed by atoms with Crippen molar-refractivity contribution in [2.45, 2.75) is 24.0 Å². The van der Waals surface area contributed by atoms with Crippen LogP contribution in [-0.2, 0) is 4.79 Å². The van der Waals surface area contributed by atoms with Crippen molar-refractivity contribution in [1.82, 2.24) is 0 Å². The predicted molar refractivity (Wildman–Crippen MR) is 93.1 cm³/mol. The second-order valence-electron chi connectivity index (χ2n) is 4.91. The first-order valence-electron chi connectivity index (χ1n) is 6.87. The summed E-state index contributed by atoms with van der Waals surface area (Å²) in [5, 5.41) is 3.18. The molecule has 1 N–H and O–H groups in total. The fourth-order valence-electron chi connectivity index (χ4n) is 1.87. The van der Waals surface area contributed by atoms with E-state index in [2.05, 4.69) is 5.32 Å². The van der Waals surface area contributed by atoms with Gasteiger partial charge in [-0.15, -0.1) is 11.8 Å². The fourth-order valence-corrected chi connectivity index (χ4v) is 3.02. The minimum absolute atomic E-state index is 0.0772. The largest absolute Gasteiger partial charge is 0.497 e. The lowest BCUT2D eigenvalue weighted by molar-refractivity contribution is -0.115. The summed E-state index contributed by atoms with van der Waals surface area (Å²) in [4.78, 5) is 13.3. The van der Waals surface area contributed by atoms with Gasteiger partial charge < -0.3 is 10.1 Å². The Kier molecular flexibility index (Phi) is 5.75. The van der Waals surface area contributed by atoms with Crippen LogP contribution in [0.2, 0.25) is 5.02 Å². The highest BCUT2D eigenvalue weighted by Gasteiger charge is 2.15. The zero-order valence-electron chi connectivity index (χ0n) is 12.7. The molecule has 0 fully saturated rings. The van der Waals surface area contributed by atoms with Gasteiger partial charge in [0.05, 0.1) is 23.1 Å². The summed E-state index contributed by atoms with van der Waals surface area (Å²) in [6.45, 7) is 3.83. The summed E-state index contributed by atoms with van der Waals surface area (Å²) in [5.41, 5.74) is 1.70. The van der Waals surface area contributed by atoms with E-state index in [1.54, 1.807) is 7.11 Å². The van der Waals surface area contributed by atoms with Crippen LogP contribution in [-0.4, -0.2) is 18.3 Å². The highest BCUT2D eigenvalue weighted by Crippen LogP contribution is 2.28. The second-order valence-corrected chi connectivity index (χ2v) is 6.73. The number of carbonyl (C=O) groups is 1. The maximum atomic E-state index is 12.3. The van der Waals surface area contributed by atoms with E-state index in [1.807, 2.05) is 56.3 Å². The van der Waals surface area contributed by atoms with E-state index in [1.165, 1.54) is 11.8 Å². The molecule has 22 heavy (non-hydrogen) atoms. The van der Waals surface area contributed by atoms with E-state index < -0.39 is 0 Å². The first-order valence-corrected chi connectivity index (χ1v) is 8.13. The van der Waals surface area contributed by atoms with Crippen molar-refractivity contribution in [2.24, 2.45) is 0 Å². The first-order chi connectivity index (χ1) is 10.5. The quantitative estimate of drug-likeness (QED) is 0.799. The van der Waals surface area contributed by atoms with E-state index >= 15 is 0 Å². The molecule has 0 heterocycles. The van der Waals surface area contributed by atoms with Crippen LogP contribution < -0.4 is 10.1 Å². The molecule has 0 aliphatic carbocycles. The molecule has 0 bridgehead atoms. The predicted octanol–water partition coefficient (Wildman–Crippen LogP) is 4.78. The van der Waals surface area contributed by atoms with Crippen LogP contribution in [0.25, 0.3) is 0 Å². The molecule has 2 rings (SSSR count). The Morgan fingerprint density at radius 1 is 1.23 bits per heavy atom. The van der Waals surface area contributed by atoms with Gasteiger partial charge in [-0.2, -0.15) is 0 Å². The average molecular weight is 336 g/mol. The van der Waals surface area contributed by atoms with Crippen molar-refractivity contribution < 1.29 is 9.53 Å². The number of rotatable bonds is 5. The molecular weight excluding hydrogens is 318 g/mol. The summed E-state index contributed by atoms with van der Waals surface area (Å²) >= 11 is 7.62. The number of ether oxygens (including phenoxy) is 1. The third-order valence-electron chi connectivity index (χ3n) is 3.12. The summed E-state index contributed by atoms with van der Waals surface area (Å²) in [6.07, 6.45) is 0. The lowest BCUT2D eigenvalue weighted by Gasteiger charge is -2.13. The molecular formula is C17H18ClNO2S. The number of hydrogen-bond donors (Lipinski definition) is 1. The third kappa shape index (κ3) is 4.42. The summed E-state index contributed by atoms with van der Waals surface area (Å²) in [5.74, 6) is 0.722. The van der Waals surface area contributed by atoms with E-state index in [4.69, 9.17) is 16.3 Å². The van der Waals surface area contributed by atoms with Crippen molar-refractivity contribution in [3.8, 4) is 5.75 Å². The van der Waals surface area contributed by atoms with Gasteiger partial charge in [0.1, 0.15) is 5.75 Å². The van der Waals surface area contributed by atoms with Crippen LogP contribution >= 0.6 is 23.4 Å². The van der Waals surface area contributed by atoms with Gasteiger partial charge in [-0.25, -0.2) is 0 Å². The van der Waals surface area contributed by atoms with Crippen LogP contribution in [0.15, 0.2) is 47.4 Å². The van der Waals surface area contributed by atoms with Crippen LogP contribution in [0.3, 0.4) is 0 Å². The lowest BCUT2D eigenvalue weighted by atomic mass is 10.2. The van der Waals surface area contributed by atoms with E-state index in [9.17, 15) is 4.79 Å². The monoisotopic (exact) mass is 335 g/mol. The van der Waals surface area contributed by atoms with Crippen molar-refractivity contribution in [3.63, 3.8) is 0 Å². The molecule has 0 aliphatic rings. The number of aryl methyl sites for hydroxylation is 1. The number of carbonyl (C=O) groups excluding carboxylic acids is 1. The second kappa shape index (κ2) is 7.56. The molecule has 2 aromatic carbocycles. The van der Waals surface area contributed by atoms with Gasteiger partial charge in [0, 0.05) is 4.90 Å². The number of halogens is 1. The summed E-state index contributed by atoms with van der Waals surface area (Å²) in [6, 6.07) is 13.2. The van der Waals surface area contributed by atoms with Gasteiger partial charge in [0.25, 0.3) is 0 Å². The van der Waals surface area contributed by atoms with Crippen molar-refractivity contribution in [2.75, 3.05) is 12.4 Å². The van der Waals surface area contributed by atoms with Gasteiger partial charge >= 0.3 is 0 Å². The van der Waals surface area contributed by atoms with Crippen molar-refractivity contribution in [1.29, 1.82) is 0 Å². The molecule has 116 valence electrons. The van der Waals surface area contributed by atoms with Crippen LogP contribution in [0.1, 0.15) is 12.5 Å². The number of anilines is 1. The summed E-state index contributed by atoms with van der Waals surface area (Å²) in [7, 11) is 1.63. The SMILES string of the molecule is COc1ccc(SC(C)C(=O)Nc2ccc(C)cc2Cl)cc1. The minimum atomic E-state index is -0.231. The third-order valence-corrected chi connectivity index (χ3v) is 4.55. The normalized spacial score (nSPS) is 11.8. The Hall–Kier alpha value is -1.65. The maximum absolute atomic E-state index is 12.3. The molecule has 0 saturated heterocycles. The Balaban J connectivity index is 1.99. The topological polar surface area (TPSA) is 38.3 Å². The molecule has 0 radical (unpaired) electrons. The Morgan fingerprint density at radius 3 is 2.50 bits per heavy atom. The minimum Gasteiger partial charge on any atom is -0.497 e. The zero-order chi connectivity index (χ0) is 16.1. The fraction of sp³-hybridized carbons (Fsp3) is 0.235. The van der Waals surface area contributed by atoms with Crippen molar-refractivity contribution >= 4 is 35.0 Å². The molecule has 0 aliphatic heterocycles. The first kappa shape index (κ1) is 16.7. The number of amides is 1. The molecule has 3 nitrogen and oxygen atoms in total. The Bertz CT molecular complexity index is 658. The molecule has 0 spiro atoms. The van der Waals surface area contributed by atoms with Crippen LogP contribution in [0.4, 0.5) is 5.69 Å². The number of benzene rings is 2. The molecule has 1 amide bonds. The Labute approximate surface area is 140 Å². The van der Waals surface area contributed by atoms with E-state index in [0.717, 1.165) is 16.2 Å². The van der Waals surface area contributed by atoms with Crippen LogP contribution in [0, 0.1) is 6.92 Å². The summed E-state index contributed by atoms with van der Waals surface area (Å²) < 4.78 is 5.12. The van der Waals surface area contributed by atoms with Gasteiger partial charge in [-0.3, -0.25) is 4.79 Å². The molecule has 2 aromatic rings. The van der Waals surface area contributed by atoms with Gasteiger partial charge in [0.2, 0.25) is 5.91 Å². The average Bonchev–Trinajstić information content (AvgIpc) is 2.50. The number of hydrogen-bond acceptors (Lipinski definition) is 3. The molecule has 0 saturated carbocycles. The van der Waals surface area contributed by atoms with E-state index in [-0.39, 0.29) is 11.2 Å².